The summed E-state index contributed by atoms with van der Waals surface area (Å²) in [5.41, 5.74) is -0.858. The van der Waals surface area contributed by atoms with E-state index in [0.29, 0.717) is 31.1 Å². The van der Waals surface area contributed by atoms with Crippen LogP contribution >= 0.6 is 0 Å². The van der Waals surface area contributed by atoms with E-state index >= 15 is 0 Å². The van der Waals surface area contributed by atoms with E-state index < -0.39 is 29.9 Å². The number of carbonyl (C=O) groups is 3. The third-order valence-corrected chi connectivity index (χ3v) is 3.48. The van der Waals surface area contributed by atoms with Gasteiger partial charge in [0, 0.05) is 25.7 Å². The van der Waals surface area contributed by atoms with Crippen LogP contribution in [0.5, 0.6) is 0 Å². The van der Waals surface area contributed by atoms with Crippen molar-refractivity contribution in [1.29, 1.82) is 0 Å². The molecular formula is C11H13NO7. The second-order valence-electron chi connectivity index (χ2n) is 4.66. The predicted molar refractivity (Wildman–Crippen MR) is 56.3 cm³/mol. The van der Waals surface area contributed by atoms with Gasteiger partial charge in [-0.05, 0) is 0 Å². The fourth-order valence-corrected chi connectivity index (χ4v) is 2.46. The summed E-state index contributed by atoms with van der Waals surface area (Å²) >= 11 is 0. The highest BCUT2D eigenvalue weighted by Gasteiger charge is 2.53. The highest BCUT2D eigenvalue weighted by molar-refractivity contribution is 6.01. The molecular weight excluding hydrogens is 258 g/mol. The molecule has 0 aromatic heterocycles. The molecule has 0 aromatic rings. The Morgan fingerprint density at radius 2 is 1.74 bits per heavy atom. The van der Waals surface area contributed by atoms with Crippen LogP contribution in [0.3, 0.4) is 0 Å². The van der Waals surface area contributed by atoms with Crippen molar-refractivity contribution in [2.45, 2.75) is 37.6 Å². The number of rotatable bonds is 2. The van der Waals surface area contributed by atoms with E-state index in [-0.39, 0.29) is 12.8 Å². The SMILES string of the molecule is O=C(ON1C(=O)CCC1=O)OC12CCOC1OCC2. The van der Waals surface area contributed by atoms with Crippen molar-refractivity contribution in [3.8, 4) is 0 Å². The van der Waals surface area contributed by atoms with Gasteiger partial charge in [-0.3, -0.25) is 14.4 Å². The zero-order chi connectivity index (χ0) is 13.5. The average Bonchev–Trinajstić information content (AvgIpc) is 2.98. The Balaban J connectivity index is 1.62. The van der Waals surface area contributed by atoms with Crippen molar-refractivity contribution in [3.05, 3.63) is 0 Å². The number of ether oxygens (including phenoxy) is 3. The quantitative estimate of drug-likeness (QED) is 0.520. The van der Waals surface area contributed by atoms with Crippen LogP contribution in [0.1, 0.15) is 25.7 Å². The lowest BCUT2D eigenvalue weighted by Gasteiger charge is -2.25. The summed E-state index contributed by atoms with van der Waals surface area (Å²) in [6, 6.07) is 0. The minimum absolute atomic E-state index is 0.0477. The molecule has 2 amide bonds. The summed E-state index contributed by atoms with van der Waals surface area (Å²) in [7, 11) is 0. The summed E-state index contributed by atoms with van der Waals surface area (Å²) in [5.74, 6) is -1.08. The molecule has 0 bridgehead atoms. The second kappa shape index (κ2) is 4.46. The van der Waals surface area contributed by atoms with E-state index in [1.807, 2.05) is 0 Å². The van der Waals surface area contributed by atoms with E-state index in [1.54, 1.807) is 0 Å². The minimum Gasteiger partial charge on any atom is -0.420 e. The number of hydroxylamine groups is 2. The Bertz CT molecular complexity index is 409. The Morgan fingerprint density at radius 3 is 2.32 bits per heavy atom. The fraction of sp³-hybridized carbons (Fsp3) is 0.727. The van der Waals surface area contributed by atoms with Gasteiger partial charge in [-0.1, -0.05) is 5.06 Å². The molecule has 3 fully saturated rings. The molecule has 3 aliphatic rings. The molecule has 3 rings (SSSR count). The van der Waals surface area contributed by atoms with Crippen LogP contribution in [0.4, 0.5) is 4.79 Å². The molecule has 3 aliphatic heterocycles. The van der Waals surface area contributed by atoms with Crippen LogP contribution in [-0.4, -0.2) is 48.1 Å². The molecule has 0 spiro atoms. The minimum atomic E-state index is -1.08. The summed E-state index contributed by atoms with van der Waals surface area (Å²) in [6.45, 7) is 0.860. The van der Waals surface area contributed by atoms with Gasteiger partial charge in [-0.15, -0.1) is 0 Å². The zero-order valence-electron chi connectivity index (χ0n) is 10.1. The third kappa shape index (κ3) is 2.06. The van der Waals surface area contributed by atoms with Crippen LogP contribution in [0.25, 0.3) is 0 Å². The highest BCUT2D eigenvalue weighted by atomic mass is 16.8. The van der Waals surface area contributed by atoms with E-state index in [1.165, 1.54) is 0 Å². The lowest BCUT2D eigenvalue weighted by Crippen LogP contribution is -2.41. The maximum atomic E-state index is 11.7. The van der Waals surface area contributed by atoms with Crippen molar-refractivity contribution in [1.82, 2.24) is 5.06 Å². The topological polar surface area (TPSA) is 91.4 Å². The number of carbonyl (C=O) groups excluding carboxylic acids is 3. The van der Waals surface area contributed by atoms with Crippen LogP contribution in [0, 0.1) is 0 Å². The summed E-state index contributed by atoms with van der Waals surface area (Å²) in [5, 5.41) is 0.458. The van der Waals surface area contributed by atoms with Crippen LogP contribution in [0.2, 0.25) is 0 Å². The molecule has 0 N–H and O–H groups in total. The van der Waals surface area contributed by atoms with Crippen molar-refractivity contribution < 1.29 is 33.4 Å². The lowest BCUT2D eigenvalue weighted by atomic mass is 10.00. The second-order valence-corrected chi connectivity index (χ2v) is 4.66. The van der Waals surface area contributed by atoms with E-state index in [2.05, 4.69) is 4.84 Å². The normalized spacial score (nSPS) is 33.7. The van der Waals surface area contributed by atoms with Crippen LogP contribution < -0.4 is 0 Å². The first kappa shape index (κ1) is 12.4. The molecule has 0 atom stereocenters. The standard InChI is InChI=1S/C11H13NO7/c13-7-1-2-8(14)12(7)19-10(15)18-11-3-5-16-9(11)17-6-4-11/h9H,1-6H2. The third-order valence-electron chi connectivity index (χ3n) is 3.48. The molecule has 0 aromatic carbocycles. The van der Waals surface area contributed by atoms with Crippen molar-refractivity contribution in [2.75, 3.05) is 13.2 Å². The molecule has 8 nitrogen and oxygen atoms in total. The summed E-state index contributed by atoms with van der Waals surface area (Å²) in [6.07, 6.45) is -0.559. The summed E-state index contributed by atoms with van der Waals surface area (Å²) < 4.78 is 15.8. The molecule has 0 saturated carbocycles. The van der Waals surface area contributed by atoms with Crippen molar-refractivity contribution in [2.24, 2.45) is 0 Å². The maximum absolute atomic E-state index is 11.7. The molecule has 0 aliphatic carbocycles. The largest absolute Gasteiger partial charge is 0.534 e. The van der Waals surface area contributed by atoms with E-state index in [9.17, 15) is 14.4 Å². The van der Waals surface area contributed by atoms with Gasteiger partial charge in [0.2, 0.25) is 0 Å². The first-order valence-electron chi connectivity index (χ1n) is 6.11. The summed E-state index contributed by atoms with van der Waals surface area (Å²) in [4.78, 5) is 39.0. The van der Waals surface area contributed by atoms with Crippen molar-refractivity contribution in [3.63, 3.8) is 0 Å². The monoisotopic (exact) mass is 271 g/mol. The number of nitrogens with zero attached hydrogens (tertiary/aromatic N) is 1. The maximum Gasteiger partial charge on any atom is 0.534 e. The Morgan fingerprint density at radius 1 is 1.16 bits per heavy atom. The molecule has 8 heteroatoms. The smallest absolute Gasteiger partial charge is 0.420 e. The molecule has 3 heterocycles. The molecule has 19 heavy (non-hydrogen) atoms. The van der Waals surface area contributed by atoms with Gasteiger partial charge in [0.15, 0.2) is 11.9 Å². The molecule has 3 saturated heterocycles. The van der Waals surface area contributed by atoms with Crippen LogP contribution in [-0.2, 0) is 28.6 Å². The first-order valence-corrected chi connectivity index (χ1v) is 6.11. The molecule has 104 valence electrons. The van der Waals surface area contributed by atoms with Gasteiger partial charge < -0.3 is 14.2 Å². The van der Waals surface area contributed by atoms with Crippen molar-refractivity contribution >= 4 is 18.0 Å². The number of imide groups is 1. The Kier molecular flexibility index (Phi) is 2.90. The number of fused-ring (bicyclic) bond motifs is 1. The van der Waals surface area contributed by atoms with Gasteiger partial charge >= 0.3 is 6.16 Å². The van der Waals surface area contributed by atoms with Gasteiger partial charge in [-0.25, -0.2) is 4.79 Å². The van der Waals surface area contributed by atoms with Gasteiger partial charge in [-0.2, -0.15) is 0 Å². The fourth-order valence-electron chi connectivity index (χ4n) is 2.46. The lowest BCUT2D eigenvalue weighted by molar-refractivity contribution is -0.189. The Labute approximate surface area is 108 Å². The van der Waals surface area contributed by atoms with E-state index in [0.717, 1.165) is 0 Å². The number of hydrogen-bond acceptors (Lipinski definition) is 7. The highest BCUT2D eigenvalue weighted by Crippen LogP contribution is 2.39. The van der Waals surface area contributed by atoms with Gasteiger partial charge in [0.1, 0.15) is 0 Å². The number of hydrogen-bond donors (Lipinski definition) is 0. The predicted octanol–water partition coefficient (Wildman–Crippen LogP) is 0.109. The van der Waals surface area contributed by atoms with Gasteiger partial charge in [0.25, 0.3) is 11.8 Å². The zero-order valence-corrected chi connectivity index (χ0v) is 10.1. The van der Waals surface area contributed by atoms with E-state index in [4.69, 9.17) is 14.2 Å². The average molecular weight is 271 g/mol. The molecule has 0 radical (unpaired) electrons. The van der Waals surface area contributed by atoms with Gasteiger partial charge in [0.05, 0.1) is 13.2 Å². The Hall–Kier alpha value is -1.67. The molecule has 0 unspecified atom stereocenters. The first-order chi connectivity index (χ1) is 9.11. The van der Waals surface area contributed by atoms with Crippen LogP contribution in [0.15, 0.2) is 0 Å². The number of amides is 2.